The van der Waals surface area contributed by atoms with E-state index < -0.39 is 0 Å². The smallest absolute Gasteiger partial charge is 0.0883 e. The van der Waals surface area contributed by atoms with Crippen LogP contribution in [0.4, 0.5) is 11.4 Å². The lowest BCUT2D eigenvalue weighted by atomic mass is 10.2. The molecule has 0 atom stereocenters. The molecule has 0 radical (unpaired) electrons. The van der Waals surface area contributed by atoms with Gasteiger partial charge in [0.15, 0.2) is 0 Å². The van der Waals surface area contributed by atoms with E-state index in [1.54, 1.807) is 10.6 Å². The van der Waals surface area contributed by atoms with Crippen molar-refractivity contribution >= 4 is 45.3 Å². The lowest BCUT2D eigenvalue weighted by Crippen LogP contribution is -2.15. The summed E-state index contributed by atoms with van der Waals surface area (Å²) in [7, 11) is 0. The Bertz CT molecular complexity index is 338. The number of rotatable bonds is 0. The molecule has 0 spiro atoms. The van der Waals surface area contributed by atoms with Gasteiger partial charge in [0.1, 0.15) is 0 Å². The van der Waals surface area contributed by atoms with Gasteiger partial charge in [0, 0.05) is 22.5 Å². The molecule has 1 heterocycles. The summed E-state index contributed by atoms with van der Waals surface area (Å²) >= 11 is 9.30. The van der Waals surface area contributed by atoms with Crippen LogP contribution in [-0.2, 0) is 0 Å². The first kappa shape index (κ1) is 8.08. The minimum absolute atomic E-state index is 0.663. The van der Waals surface area contributed by atoms with Gasteiger partial charge >= 0.3 is 0 Å². The van der Waals surface area contributed by atoms with Crippen LogP contribution in [0, 0.1) is 0 Å². The first-order valence-electron chi connectivity index (χ1n) is 3.53. The van der Waals surface area contributed by atoms with Crippen molar-refractivity contribution in [3.63, 3.8) is 0 Å². The minimum atomic E-state index is 0.663. The van der Waals surface area contributed by atoms with Crippen LogP contribution >= 0.6 is 27.7 Å². The highest BCUT2D eigenvalue weighted by Gasteiger charge is 2.11. The molecule has 1 aliphatic rings. The molecular weight excluding hydrogens is 239 g/mol. The van der Waals surface area contributed by atoms with E-state index in [1.165, 1.54) is 0 Å². The van der Waals surface area contributed by atoms with E-state index in [0.29, 0.717) is 6.54 Å². The van der Waals surface area contributed by atoms with Crippen LogP contribution in [0.25, 0.3) is 0 Å². The largest absolute Gasteiger partial charge is 0.278 e. The van der Waals surface area contributed by atoms with Crippen molar-refractivity contribution < 1.29 is 0 Å². The molecule has 1 aliphatic heterocycles. The molecule has 2 rings (SSSR count). The van der Waals surface area contributed by atoms with Crippen molar-refractivity contribution in [3.8, 4) is 0 Å². The molecule has 0 bridgehead atoms. The number of anilines is 1. The number of hydrogen-bond donors (Lipinski definition) is 0. The fraction of sp³-hybridized carbons (Fsp3) is 0.125. The number of nitrogens with zero attached hydrogens (tertiary/aromatic N) is 2. The molecule has 0 amide bonds. The maximum atomic E-state index is 5.93. The van der Waals surface area contributed by atoms with Crippen molar-refractivity contribution in [2.45, 2.75) is 0 Å². The molecule has 0 unspecified atom stereocenters. The number of benzene rings is 1. The molecule has 0 N–H and O–H groups in total. The molecule has 62 valence electrons. The third-order valence-corrected chi connectivity index (χ3v) is 2.48. The first-order valence-corrected chi connectivity index (χ1v) is 4.66. The molecule has 0 aliphatic carbocycles. The SMILES string of the molecule is ClN1CC=Nc2cc(Br)ccc21. The summed E-state index contributed by atoms with van der Waals surface area (Å²) in [4.78, 5) is 4.22. The summed E-state index contributed by atoms with van der Waals surface area (Å²) in [6.45, 7) is 0.663. The van der Waals surface area contributed by atoms with Gasteiger partial charge in [-0.25, -0.2) is 0 Å². The monoisotopic (exact) mass is 244 g/mol. The maximum absolute atomic E-state index is 5.93. The molecule has 0 saturated heterocycles. The molecule has 0 saturated carbocycles. The van der Waals surface area contributed by atoms with Crippen LogP contribution in [-0.4, -0.2) is 12.8 Å². The average molecular weight is 246 g/mol. The molecule has 4 heteroatoms. The van der Waals surface area contributed by atoms with E-state index >= 15 is 0 Å². The van der Waals surface area contributed by atoms with Crippen LogP contribution in [0.3, 0.4) is 0 Å². The quantitative estimate of drug-likeness (QED) is 0.641. The normalized spacial score (nSPS) is 14.7. The van der Waals surface area contributed by atoms with E-state index in [2.05, 4.69) is 20.9 Å². The van der Waals surface area contributed by atoms with Crippen molar-refractivity contribution in [2.75, 3.05) is 11.0 Å². The number of aliphatic imine (C=N–C) groups is 1. The minimum Gasteiger partial charge on any atom is -0.278 e. The Kier molecular flexibility index (Phi) is 2.07. The molecule has 1 aromatic carbocycles. The molecular formula is C8H6BrClN2. The Hall–Kier alpha value is -0.540. The highest BCUT2D eigenvalue weighted by molar-refractivity contribution is 9.10. The van der Waals surface area contributed by atoms with Crippen LogP contribution in [0.15, 0.2) is 27.7 Å². The Morgan fingerprint density at radius 1 is 1.50 bits per heavy atom. The van der Waals surface area contributed by atoms with E-state index in [1.807, 2.05) is 18.2 Å². The van der Waals surface area contributed by atoms with Crippen molar-refractivity contribution in [1.29, 1.82) is 0 Å². The fourth-order valence-electron chi connectivity index (χ4n) is 1.11. The zero-order valence-electron chi connectivity index (χ0n) is 6.17. The number of hydrogen-bond acceptors (Lipinski definition) is 2. The van der Waals surface area contributed by atoms with Gasteiger partial charge in [0.05, 0.1) is 17.9 Å². The Balaban J connectivity index is 2.55. The van der Waals surface area contributed by atoms with Crippen molar-refractivity contribution in [1.82, 2.24) is 0 Å². The van der Waals surface area contributed by atoms with E-state index in [0.717, 1.165) is 15.8 Å². The maximum Gasteiger partial charge on any atom is 0.0883 e. The fourth-order valence-corrected chi connectivity index (χ4v) is 1.67. The van der Waals surface area contributed by atoms with Crippen LogP contribution in [0.5, 0.6) is 0 Å². The lowest BCUT2D eigenvalue weighted by Gasteiger charge is -2.19. The van der Waals surface area contributed by atoms with E-state index in [9.17, 15) is 0 Å². The summed E-state index contributed by atoms with van der Waals surface area (Å²) in [5.74, 6) is 0. The van der Waals surface area contributed by atoms with E-state index in [4.69, 9.17) is 11.8 Å². The van der Waals surface area contributed by atoms with Crippen molar-refractivity contribution in [3.05, 3.63) is 22.7 Å². The molecule has 0 aromatic heterocycles. The second kappa shape index (κ2) is 3.07. The van der Waals surface area contributed by atoms with Gasteiger partial charge in [0.25, 0.3) is 0 Å². The average Bonchev–Trinajstić information content (AvgIpc) is 2.04. The van der Waals surface area contributed by atoms with Gasteiger partial charge < -0.3 is 0 Å². The van der Waals surface area contributed by atoms with Crippen molar-refractivity contribution in [2.24, 2.45) is 4.99 Å². The lowest BCUT2D eigenvalue weighted by molar-refractivity contribution is 1.21. The van der Waals surface area contributed by atoms with E-state index in [-0.39, 0.29) is 0 Å². The van der Waals surface area contributed by atoms with Crippen LogP contribution in [0.2, 0.25) is 0 Å². The Morgan fingerprint density at radius 2 is 2.33 bits per heavy atom. The Morgan fingerprint density at radius 3 is 3.17 bits per heavy atom. The van der Waals surface area contributed by atoms with Crippen LogP contribution in [0.1, 0.15) is 0 Å². The second-order valence-electron chi connectivity index (χ2n) is 2.49. The zero-order valence-corrected chi connectivity index (χ0v) is 8.51. The summed E-state index contributed by atoms with van der Waals surface area (Å²) in [5, 5.41) is 0. The molecule has 1 aromatic rings. The summed E-state index contributed by atoms with van der Waals surface area (Å²) in [6, 6.07) is 5.85. The topological polar surface area (TPSA) is 15.6 Å². The summed E-state index contributed by atoms with van der Waals surface area (Å²) in [6.07, 6.45) is 1.79. The van der Waals surface area contributed by atoms with Gasteiger partial charge in [-0.15, -0.1) is 0 Å². The number of halogens is 2. The van der Waals surface area contributed by atoms with Gasteiger partial charge in [-0.05, 0) is 18.2 Å². The van der Waals surface area contributed by atoms with Gasteiger partial charge in [-0.2, -0.15) is 0 Å². The third kappa shape index (κ3) is 1.34. The van der Waals surface area contributed by atoms with Gasteiger partial charge in [-0.1, -0.05) is 15.9 Å². The molecule has 0 fully saturated rings. The first-order chi connectivity index (χ1) is 5.77. The number of fused-ring (bicyclic) bond motifs is 1. The predicted octanol–water partition coefficient (Wildman–Crippen LogP) is 3.13. The highest BCUT2D eigenvalue weighted by Crippen LogP contribution is 2.34. The molecule has 12 heavy (non-hydrogen) atoms. The van der Waals surface area contributed by atoms with Gasteiger partial charge in [0.2, 0.25) is 0 Å². The summed E-state index contributed by atoms with van der Waals surface area (Å²) < 4.78 is 2.67. The van der Waals surface area contributed by atoms with Gasteiger partial charge in [-0.3, -0.25) is 9.41 Å². The standard InChI is InChI=1S/C8H6BrClN2/c9-6-1-2-8-7(5-6)11-3-4-12(8)10/h1-3,5H,4H2. The summed E-state index contributed by atoms with van der Waals surface area (Å²) in [5.41, 5.74) is 1.87. The van der Waals surface area contributed by atoms with Crippen LogP contribution < -0.4 is 4.42 Å². The zero-order chi connectivity index (χ0) is 8.55. The molecule has 2 nitrogen and oxygen atoms in total. The third-order valence-electron chi connectivity index (χ3n) is 1.67. The Labute approximate surface area is 84.1 Å². The second-order valence-corrected chi connectivity index (χ2v) is 3.81. The highest BCUT2D eigenvalue weighted by atomic mass is 79.9. The predicted molar refractivity (Wildman–Crippen MR) is 55.5 cm³/mol.